The topological polar surface area (TPSA) is 80.5 Å². The second kappa shape index (κ2) is 6.83. The molecule has 0 aliphatic carbocycles. The minimum absolute atomic E-state index is 0.0298. The minimum Gasteiger partial charge on any atom is -0.274 e. The molecule has 0 spiro atoms. The van der Waals surface area contributed by atoms with E-state index in [0.717, 1.165) is 34.2 Å². The zero-order valence-electron chi connectivity index (χ0n) is 15.4. The molecule has 2 aromatic carbocycles. The fraction of sp³-hybridized carbons (Fsp3) is 0.211. The van der Waals surface area contributed by atoms with Crippen LogP contribution in [0, 0.1) is 5.82 Å². The van der Waals surface area contributed by atoms with Gasteiger partial charge in [0.25, 0.3) is 10.0 Å². The zero-order chi connectivity index (χ0) is 19.9. The summed E-state index contributed by atoms with van der Waals surface area (Å²) in [6.45, 7) is 2.04. The van der Waals surface area contributed by atoms with Crippen molar-refractivity contribution in [3.8, 4) is 0 Å². The van der Waals surface area contributed by atoms with Gasteiger partial charge in [-0.2, -0.15) is 0 Å². The van der Waals surface area contributed by atoms with Crippen LogP contribution in [0.5, 0.6) is 0 Å². The van der Waals surface area contributed by atoms with Gasteiger partial charge < -0.3 is 0 Å². The van der Waals surface area contributed by atoms with E-state index >= 15 is 0 Å². The molecule has 0 aliphatic rings. The molecule has 28 heavy (non-hydrogen) atoms. The van der Waals surface area contributed by atoms with Gasteiger partial charge in [-0.15, -0.1) is 10.2 Å². The molecular weight excluding hydrogens is 381 g/mol. The quantitative estimate of drug-likeness (QED) is 0.515. The average Bonchev–Trinajstić information content (AvgIpc) is 3.11. The van der Waals surface area contributed by atoms with Crippen LogP contribution < -0.4 is 4.31 Å². The third-order valence-corrected chi connectivity index (χ3v) is 6.28. The van der Waals surface area contributed by atoms with E-state index in [-0.39, 0.29) is 10.7 Å². The van der Waals surface area contributed by atoms with Gasteiger partial charge in [-0.05, 0) is 42.8 Å². The Hall–Kier alpha value is -3.07. The van der Waals surface area contributed by atoms with Gasteiger partial charge in [0.1, 0.15) is 11.6 Å². The largest absolute Gasteiger partial charge is 0.274 e. The molecule has 2 heterocycles. The van der Waals surface area contributed by atoms with Crippen LogP contribution in [0.3, 0.4) is 0 Å². The number of aryl methyl sites for hydroxylation is 1. The second-order valence-corrected chi connectivity index (χ2v) is 8.35. The molecule has 4 rings (SSSR count). The molecule has 0 N–H and O–H groups in total. The predicted octanol–water partition coefficient (Wildman–Crippen LogP) is 3.19. The zero-order valence-corrected chi connectivity index (χ0v) is 16.2. The van der Waals surface area contributed by atoms with Crippen molar-refractivity contribution in [2.24, 2.45) is 0 Å². The highest BCUT2D eigenvalue weighted by Crippen LogP contribution is 2.28. The van der Waals surface area contributed by atoms with Crippen LogP contribution >= 0.6 is 0 Å². The number of para-hydroxylation sites is 2. The van der Waals surface area contributed by atoms with E-state index < -0.39 is 15.8 Å². The van der Waals surface area contributed by atoms with Gasteiger partial charge in [0.15, 0.2) is 5.82 Å². The molecule has 0 unspecified atom stereocenters. The first kappa shape index (κ1) is 18.3. The summed E-state index contributed by atoms with van der Waals surface area (Å²) in [6.07, 6.45) is 1.57. The highest BCUT2D eigenvalue weighted by atomic mass is 32.2. The third-order valence-electron chi connectivity index (χ3n) is 4.52. The standard InChI is InChI=1S/C19H18FN5O2S/c1-3-6-17-22-23-19-18(21-15-7-4-5-8-16(15)25(17)19)24(2)28(26,27)14-11-9-13(20)10-12-14/h4-5,7-12H,3,6H2,1-2H3. The van der Waals surface area contributed by atoms with Gasteiger partial charge >= 0.3 is 0 Å². The van der Waals surface area contributed by atoms with E-state index in [1.54, 1.807) is 0 Å². The number of aromatic nitrogens is 4. The Kier molecular flexibility index (Phi) is 4.46. The maximum Gasteiger partial charge on any atom is 0.265 e. The molecule has 9 heteroatoms. The predicted molar refractivity (Wildman–Crippen MR) is 104 cm³/mol. The maximum absolute atomic E-state index is 13.2. The number of hydrogen-bond acceptors (Lipinski definition) is 5. The average molecular weight is 399 g/mol. The Balaban J connectivity index is 1.95. The molecule has 0 fully saturated rings. The summed E-state index contributed by atoms with van der Waals surface area (Å²) in [6, 6.07) is 12.1. The first-order chi connectivity index (χ1) is 13.4. The van der Waals surface area contributed by atoms with E-state index in [1.165, 1.54) is 19.2 Å². The van der Waals surface area contributed by atoms with Gasteiger partial charge in [0.2, 0.25) is 5.65 Å². The maximum atomic E-state index is 13.2. The van der Waals surface area contributed by atoms with Crippen LogP contribution in [0.1, 0.15) is 19.2 Å². The summed E-state index contributed by atoms with van der Waals surface area (Å²) >= 11 is 0. The number of benzene rings is 2. The highest BCUT2D eigenvalue weighted by molar-refractivity contribution is 7.92. The fourth-order valence-corrected chi connectivity index (χ4v) is 4.25. The molecule has 0 radical (unpaired) electrons. The van der Waals surface area contributed by atoms with Crippen molar-refractivity contribution in [2.75, 3.05) is 11.4 Å². The molecule has 4 aromatic rings. The summed E-state index contributed by atoms with van der Waals surface area (Å²) in [7, 11) is -2.54. The van der Waals surface area contributed by atoms with E-state index in [9.17, 15) is 12.8 Å². The summed E-state index contributed by atoms with van der Waals surface area (Å²) in [5, 5.41) is 8.46. The van der Waals surface area contributed by atoms with Crippen molar-refractivity contribution in [1.82, 2.24) is 19.6 Å². The SMILES string of the molecule is CCCc1nnc2c(N(C)S(=O)(=O)c3ccc(F)cc3)nc3ccccc3n12. The summed E-state index contributed by atoms with van der Waals surface area (Å²) in [4.78, 5) is 4.51. The lowest BCUT2D eigenvalue weighted by Gasteiger charge is -2.19. The number of rotatable bonds is 5. The van der Waals surface area contributed by atoms with Crippen molar-refractivity contribution in [2.45, 2.75) is 24.7 Å². The molecule has 0 aliphatic heterocycles. The molecule has 2 aromatic heterocycles. The number of halogens is 1. The van der Waals surface area contributed by atoms with Crippen LogP contribution in [0.25, 0.3) is 16.7 Å². The Labute approximate surface area is 161 Å². The first-order valence-electron chi connectivity index (χ1n) is 8.80. The smallest absolute Gasteiger partial charge is 0.265 e. The van der Waals surface area contributed by atoms with Gasteiger partial charge in [-0.1, -0.05) is 19.1 Å². The van der Waals surface area contributed by atoms with Crippen LogP contribution in [0.4, 0.5) is 10.2 Å². The normalized spacial score (nSPS) is 12.0. The van der Waals surface area contributed by atoms with Crippen molar-refractivity contribution in [1.29, 1.82) is 0 Å². The van der Waals surface area contributed by atoms with Crippen LogP contribution in [0.15, 0.2) is 53.4 Å². The summed E-state index contributed by atoms with van der Waals surface area (Å²) < 4.78 is 42.2. The molecule has 0 saturated heterocycles. The molecule has 0 atom stereocenters. The van der Waals surface area contributed by atoms with Crippen LogP contribution in [-0.4, -0.2) is 35.0 Å². The molecular formula is C19H18FN5O2S. The van der Waals surface area contributed by atoms with Gasteiger partial charge in [0.05, 0.1) is 15.9 Å². The van der Waals surface area contributed by atoms with E-state index in [1.807, 2.05) is 35.6 Å². The summed E-state index contributed by atoms with van der Waals surface area (Å²) in [5.41, 5.74) is 1.79. The second-order valence-electron chi connectivity index (χ2n) is 6.38. The van der Waals surface area contributed by atoms with E-state index in [2.05, 4.69) is 15.2 Å². The van der Waals surface area contributed by atoms with Crippen molar-refractivity contribution >= 4 is 32.5 Å². The molecule has 7 nitrogen and oxygen atoms in total. The van der Waals surface area contributed by atoms with Crippen LogP contribution in [-0.2, 0) is 16.4 Å². The minimum atomic E-state index is -3.95. The molecule has 0 amide bonds. The van der Waals surface area contributed by atoms with Crippen molar-refractivity contribution < 1.29 is 12.8 Å². The van der Waals surface area contributed by atoms with Crippen molar-refractivity contribution in [3.63, 3.8) is 0 Å². The number of hydrogen-bond donors (Lipinski definition) is 0. The highest BCUT2D eigenvalue weighted by Gasteiger charge is 2.26. The Morgan fingerprint density at radius 1 is 1.07 bits per heavy atom. The van der Waals surface area contributed by atoms with E-state index in [4.69, 9.17) is 0 Å². The lowest BCUT2D eigenvalue weighted by Crippen LogP contribution is -2.28. The lowest BCUT2D eigenvalue weighted by molar-refractivity contribution is 0.592. The number of fused-ring (bicyclic) bond motifs is 3. The monoisotopic (exact) mass is 399 g/mol. The summed E-state index contributed by atoms with van der Waals surface area (Å²) in [5.74, 6) is 0.400. The number of nitrogens with zero attached hydrogens (tertiary/aromatic N) is 5. The van der Waals surface area contributed by atoms with Gasteiger partial charge in [-0.3, -0.25) is 4.40 Å². The Morgan fingerprint density at radius 3 is 2.50 bits per heavy atom. The van der Waals surface area contributed by atoms with Crippen molar-refractivity contribution in [3.05, 3.63) is 60.2 Å². The van der Waals surface area contributed by atoms with Gasteiger partial charge in [-0.25, -0.2) is 22.1 Å². The third kappa shape index (κ3) is 2.88. The Bertz CT molecular complexity index is 1270. The molecule has 144 valence electrons. The molecule has 0 saturated carbocycles. The van der Waals surface area contributed by atoms with Crippen LogP contribution in [0.2, 0.25) is 0 Å². The number of sulfonamides is 1. The van der Waals surface area contributed by atoms with Gasteiger partial charge in [0, 0.05) is 13.5 Å². The first-order valence-corrected chi connectivity index (χ1v) is 10.2. The fourth-order valence-electron chi connectivity index (χ4n) is 3.10. The van der Waals surface area contributed by atoms with E-state index in [0.29, 0.717) is 17.6 Å². The lowest BCUT2D eigenvalue weighted by atomic mass is 10.2. The molecule has 0 bridgehead atoms. The number of anilines is 1. The Morgan fingerprint density at radius 2 is 1.79 bits per heavy atom.